The van der Waals surface area contributed by atoms with Crippen LogP contribution >= 0.6 is 12.2 Å². The maximum absolute atomic E-state index is 12.4. The first kappa shape index (κ1) is 68.1. The van der Waals surface area contributed by atoms with Gasteiger partial charge in [0.2, 0.25) is 0 Å². The highest BCUT2D eigenvalue weighted by molar-refractivity contribution is 7.80. The van der Waals surface area contributed by atoms with Crippen LogP contribution in [0.1, 0.15) is 268 Å². The fourth-order valence-corrected chi connectivity index (χ4v) is 11.7. The highest BCUT2D eigenvalue weighted by Crippen LogP contribution is 2.60. The minimum Gasteiger partial charge on any atom is -0.485 e. The van der Waals surface area contributed by atoms with Crippen molar-refractivity contribution in [3.63, 3.8) is 0 Å². The van der Waals surface area contributed by atoms with Crippen LogP contribution in [0.15, 0.2) is 36.4 Å². The number of carbonyl (C=O) groups is 3. The first-order valence-corrected chi connectivity index (χ1v) is 29.3. The van der Waals surface area contributed by atoms with E-state index in [0.29, 0.717) is 12.8 Å². The lowest BCUT2D eigenvalue weighted by Crippen LogP contribution is -2.51. The lowest BCUT2D eigenvalue weighted by atomic mass is 9.52. The molecule has 438 valence electrons. The van der Waals surface area contributed by atoms with Crippen molar-refractivity contribution in [2.45, 2.75) is 259 Å². The summed E-state index contributed by atoms with van der Waals surface area (Å²) in [6.45, 7) is 39.7. The van der Waals surface area contributed by atoms with Gasteiger partial charge in [-0.05, 0) is 137 Å². The Morgan fingerprint density at radius 2 is 0.744 bits per heavy atom. The van der Waals surface area contributed by atoms with Crippen LogP contribution in [-0.2, 0) is 76.3 Å². The molecule has 6 N–H and O–H groups in total. The van der Waals surface area contributed by atoms with E-state index in [-0.39, 0.29) is 43.8 Å². The number of aliphatic hydroxyl groups is 3. The molecule has 3 rings (SSSR count). The molecule has 3 aromatic carbocycles. The number of hydrogen-bond donors (Lipinski definition) is 6. The van der Waals surface area contributed by atoms with Crippen molar-refractivity contribution in [1.29, 1.82) is 0 Å². The minimum absolute atomic E-state index is 0.0475. The van der Waals surface area contributed by atoms with E-state index in [0.717, 1.165) is 105 Å². The Balaban J connectivity index is 3.32. The Bertz CT molecular complexity index is 2330. The Hall–Kier alpha value is -4.16. The van der Waals surface area contributed by atoms with E-state index < -0.39 is 87.0 Å². The largest absolute Gasteiger partial charge is 0.485 e. The third kappa shape index (κ3) is 17.0. The molecule has 0 saturated heterocycles. The average molecular weight is 1100 g/mol. The number of aliphatic carboxylic acids is 3. The molecule has 0 aliphatic heterocycles. The molecule has 11 heteroatoms. The zero-order valence-electron chi connectivity index (χ0n) is 51.8. The third-order valence-corrected chi connectivity index (χ3v) is 16.2. The van der Waals surface area contributed by atoms with E-state index in [2.05, 4.69) is 168 Å². The summed E-state index contributed by atoms with van der Waals surface area (Å²) in [6, 6.07) is 13.2. The molecule has 1 unspecified atom stereocenters. The van der Waals surface area contributed by atoms with Crippen molar-refractivity contribution in [2.24, 2.45) is 5.41 Å². The van der Waals surface area contributed by atoms with Gasteiger partial charge in [0.25, 0.3) is 0 Å². The van der Waals surface area contributed by atoms with Crippen LogP contribution in [0.25, 0.3) is 0 Å². The molecule has 0 aliphatic carbocycles. The predicted octanol–water partition coefficient (Wildman–Crippen LogP) is 14.7. The first-order chi connectivity index (χ1) is 35.7. The van der Waals surface area contributed by atoms with Gasteiger partial charge >= 0.3 is 17.9 Å². The Morgan fingerprint density at radius 1 is 0.462 bits per heavy atom. The van der Waals surface area contributed by atoms with Gasteiger partial charge in [-0.1, -0.05) is 206 Å². The van der Waals surface area contributed by atoms with Crippen LogP contribution < -0.4 is 0 Å². The van der Waals surface area contributed by atoms with Gasteiger partial charge in [0.15, 0.2) is 5.05 Å². The van der Waals surface area contributed by atoms with Crippen LogP contribution in [-0.4, -0.2) is 80.0 Å². The van der Waals surface area contributed by atoms with Crippen molar-refractivity contribution in [1.82, 2.24) is 0 Å². The molecular formula is C67H104O10S. The van der Waals surface area contributed by atoms with E-state index in [4.69, 9.17) is 17.0 Å². The van der Waals surface area contributed by atoms with Gasteiger partial charge in [0.05, 0.1) is 30.7 Å². The summed E-state index contributed by atoms with van der Waals surface area (Å²) in [6.07, 6.45) is 7.30. The highest BCUT2D eigenvalue weighted by Gasteiger charge is 2.57. The third-order valence-electron chi connectivity index (χ3n) is 15.7. The van der Waals surface area contributed by atoms with Gasteiger partial charge in [-0.2, -0.15) is 0 Å². The van der Waals surface area contributed by atoms with Crippen molar-refractivity contribution < 1.29 is 49.8 Å². The predicted molar refractivity (Wildman–Crippen MR) is 323 cm³/mol. The summed E-state index contributed by atoms with van der Waals surface area (Å²) < 4.78 is 7.38. The number of thiocarbonyl (C=S) groups is 1. The van der Waals surface area contributed by atoms with Crippen molar-refractivity contribution >= 4 is 35.2 Å². The van der Waals surface area contributed by atoms with Gasteiger partial charge in [-0.25, -0.2) is 0 Å². The molecule has 3 aromatic rings. The van der Waals surface area contributed by atoms with Gasteiger partial charge in [-0.3, -0.25) is 14.4 Å². The lowest BCUT2D eigenvalue weighted by molar-refractivity contribution is -0.138. The summed E-state index contributed by atoms with van der Waals surface area (Å²) >= 11 is 7.32. The second-order valence-corrected chi connectivity index (χ2v) is 29.3. The van der Waals surface area contributed by atoms with Crippen LogP contribution in [0.4, 0.5) is 0 Å². The number of aryl methyl sites for hydroxylation is 3. The van der Waals surface area contributed by atoms with E-state index >= 15 is 0 Å². The molecule has 0 heterocycles. The molecule has 0 saturated carbocycles. The summed E-state index contributed by atoms with van der Waals surface area (Å²) in [5.74, 6) is -3.24. The molecule has 10 nitrogen and oxygen atoms in total. The fraction of sp³-hybridized carbons (Fsp3) is 0.672. The fourth-order valence-electron chi connectivity index (χ4n) is 11.3. The zero-order valence-corrected chi connectivity index (χ0v) is 52.6. The van der Waals surface area contributed by atoms with Gasteiger partial charge in [0, 0.05) is 25.2 Å². The summed E-state index contributed by atoms with van der Waals surface area (Å²) in [5, 5.41) is 63.9. The smallest absolute Gasteiger partial charge is 0.303 e. The number of carboxylic acid groups (broad SMARTS) is 3. The Kier molecular flexibility index (Phi) is 23.2. The van der Waals surface area contributed by atoms with Crippen LogP contribution in [0, 0.1) is 5.41 Å². The number of unbranched alkanes of at least 4 members (excludes halogenated alkanes) is 5. The van der Waals surface area contributed by atoms with Crippen molar-refractivity contribution in [2.75, 3.05) is 26.4 Å². The van der Waals surface area contributed by atoms with E-state index in [1.807, 2.05) is 0 Å². The number of carboxylic acids is 3. The normalized spacial score (nSPS) is 13.7. The second kappa shape index (κ2) is 26.6. The summed E-state index contributed by atoms with van der Waals surface area (Å²) in [5.41, 5.74) is 4.95. The summed E-state index contributed by atoms with van der Waals surface area (Å²) in [7, 11) is 0. The monoisotopic (exact) mass is 1100 g/mol. The SMILES string of the molecule is CCCCCCCCC(c1c(C(C)(C)C)cc(CCC(=O)O)cc1C(C)(C)C)C(C(=S)OCC(CO)(CO)CO)(c1c(C(C)(C)C)cc(CCC(=O)O)cc1C(C)(C)C)c1c(C(C)(C)C)cc(CCC(=O)O)cc1C(C)(C)C. The lowest BCUT2D eigenvalue weighted by Gasteiger charge is -2.52. The van der Waals surface area contributed by atoms with Crippen LogP contribution in [0.2, 0.25) is 0 Å². The highest BCUT2D eigenvalue weighted by atomic mass is 32.1. The average Bonchev–Trinajstić information content (AvgIpc) is 3.31. The molecule has 78 heavy (non-hydrogen) atoms. The van der Waals surface area contributed by atoms with Crippen LogP contribution in [0.5, 0.6) is 0 Å². The Morgan fingerprint density at radius 3 is 1.01 bits per heavy atom. The molecule has 0 spiro atoms. The summed E-state index contributed by atoms with van der Waals surface area (Å²) in [4.78, 5) is 37.2. The number of rotatable bonds is 26. The van der Waals surface area contributed by atoms with Gasteiger partial charge < -0.3 is 35.4 Å². The number of ether oxygens (including phenoxy) is 1. The number of benzene rings is 3. The second-order valence-electron chi connectivity index (χ2n) is 28.9. The molecule has 0 bridgehead atoms. The Labute approximate surface area is 476 Å². The number of aliphatic hydroxyl groups excluding tert-OH is 3. The molecule has 0 amide bonds. The quantitative estimate of drug-likeness (QED) is 0.0332. The van der Waals surface area contributed by atoms with Crippen molar-refractivity contribution in [3.05, 3.63) is 103 Å². The van der Waals surface area contributed by atoms with Gasteiger partial charge in [-0.15, -0.1) is 0 Å². The van der Waals surface area contributed by atoms with Crippen LogP contribution in [0.3, 0.4) is 0 Å². The topological polar surface area (TPSA) is 182 Å². The van der Waals surface area contributed by atoms with Crippen molar-refractivity contribution in [3.8, 4) is 0 Å². The zero-order chi connectivity index (χ0) is 59.8. The van der Waals surface area contributed by atoms with E-state index in [1.165, 1.54) is 0 Å². The number of hydrogen-bond acceptors (Lipinski definition) is 8. The molecule has 0 radical (unpaired) electrons. The van der Waals surface area contributed by atoms with Gasteiger partial charge in [0.1, 0.15) is 6.61 Å². The maximum Gasteiger partial charge on any atom is 0.303 e. The standard InChI is InChI=1S/C67H104O10S/c1-20-21-22-23-24-25-26-46(56-47(60(2,3)4)33-43(27-30-53(71)72)34-48(56)61(5,6)7)67(59(78)77-42-66(39-68,40-69)41-70,57-49(62(8,9)10)35-44(28-31-54(73)74)36-50(57)63(11,12)13)58-51(64(14,15)16)37-45(29-32-55(75)76)38-52(58)65(17,18)19/h33-38,46,68-70H,20-32,39-42H2,1-19H3,(H,71,72)(H,73,74)(H,75,76). The maximum atomic E-state index is 12.4. The molecule has 1 atom stereocenters. The van der Waals surface area contributed by atoms with E-state index in [1.54, 1.807) is 0 Å². The minimum atomic E-state index is -1.50. The molecule has 0 fully saturated rings. The molecular weight excluding hydrogens is 997 g/mol. The molecule has 0 aromatic heterocycles. The van der Waals surface area contributed by atoms with E-state index in [9.17, 15) is 45.0 Å². The first-order valence-electron chi connectivity index (χ1n) is 28.9. The molecule has 0 aliphatic rings.